The first kappa shape index (κ1) is 11.4. The molecule has 0 unspecified atom stereocenters. The standard InChI is InChI=1S/C9H13NO3/c1-5-8(11)13-7(4)9(12)10-6(2)3/h5-6H,1,4H2,2-3H3,(H,10,12). The molecule has 13 heavy (non-hydrogen) atoms. The van der Waals surface area contributed by atoms with E-state index in [0.29, 0.717) is 0 Å². The molecule has 1 amide bonds. The Hall–Kier alpha value is -1.58. The average molecular weight is 183 g/mol. The van der Waals surface area contributed by atoms with Crippen LogP contribution in [0.2, 0.25) is 0 Å². The smallest absolute Gasteiger partial charge is 0.335 e. The lowest BCUT2D eigenvalue weighted by Gasteiger charge is -2.09. The van der Waals surface area contributed by atoms with E-state index in [1.165, 1.54) is 0 Å². The summed E-state index contributed by atoms with van der Waals surface area (Å²) < 4.78 is 4.50. The second kappa shape index (κ2) is 5.13. The van der Waals surface area contributed by atoms with Gasteiger partial charge in [0, 0.05) is 12.1 Å². The fourth-order valence-electron chi connectivity index (χ4n) is 0.552. The van der Waals surface area contributed by atoms with Crippen molar-refractivity contribution in [1.29, 1.82) is 0 Å². The fourth-order valence-corrected chi connectivity index (χ4v) is 0.552. The van der Waals surface area contributed by atoms with E-state index in [4.69, 9.17) is 0 Å². The molecular formula is C9H13NO3. The van der Waals surface area contributed by atoms with Gasteiger partial charge in [-0.2, -0.15) is 0 Å². The molecule has 0 rings (SSSR count). The SMILES string of the molecule is C=CC(=O)OC(=C)C(=O)NC(C)C. The number of rotatable bonds is 4. The second-order valence-electron chi connectivity index (χ2n) is 2.68. The molecule has 0 aliphatic carbocycles. The van der Waals surface area contributed by atoms with Crippen molar-refractivity contribution in [2.75, 3.05) is 0 Å². The zero-order valence-electron chi connectivity index (χ0n) is 7.79. The third kappa shape index (κ3) is 4.79. The molecule has 0 saturated heterocycles. The Balaban J connectivity index is 4.04. The van der Waals surface area contributed by atoms with Crippen LogP contribution in [0, 0.1) is 0 Å². The Morgan fingerprint density at radius 3 is 2.38 bits per heavy atom. The normalized spacial score (nSPS) is 9.15. The van der Waals surface area contributed by atoms with E-state index < -0.39 is 11.9 Å². The van der Waals surface area contributed by atoms with Crippen molar-refractivity contribution in [3.63, 3.8) is 0 Å². The monoisotopic (exact) mass is 183 g/mol. The summed E-state index contributed by atoms with van der Waals surface area (Å²) in [5.41, 5.74) is 0. The summed E-state index contributed by atoms with van der Waals surface area (Å²) in [6.07, 6.45) is 0.966. The predicted molar refractivity (Wildman–Crippen MR) is 48.7 cm³/mol. The highest BCUT2D eigenvalue weighted by Gasteiger charge is 2.11. The van der Waals surface area contributed by atoms with Crippen LogP contribution in [0.25, 0.3) is 0 Å². The van der Waals surface area contributed by atoms with Crippen LogP contribution in [0.3, 0.4) is 0 Å². The number of amides is 1. The largest absolute Gasteiger partial charge is 0.418 e. The fraction of sp³-hybridized carbons (Fsp3) is 0.333. The maximum atomic E-state index is 11.1. The topological polar surface area (TPSA) is 55.4 Å². The van der Waals surface area contributed by atoms with Gasteiger partial charge >= 0.3 is 5.97 Å². The Kier molecular flexibility index (Phi) is 4.51. The molecule has 4 heteroatoms. The zero-order chi connectivity index (χ0) is 10.4. The number of hydrogen-bond donors (Lipinski definition) is 1. The van der Waals surface area contributed by atoms with Crippen LogP contribution >= 0.6 is 0 Å². The minimum Gasteiger partial charge on any atom is -0.418 e. The van der Waals surface area contributed by atoms with Gasteiger partial charge < -0.3 is 10.1 Å². The number of hydrogen-bond acceptors (Lipinski definition) is 3. The van der Waals surface area contributed by atoms with E-state index in [-0.39, 0.29) is 11.8 Å². The number of nitrogens with one attached hydrogen (secondary N) is 1. The Labute approximate surface area is 77.3 Å². The highest BCUT2D eigenvalue weighted by atomic mass is 16.5. The summed E-state index contributed by atoms with van der Waals surface area (Å²) in [5.74, 6) is -1.41. The molecule has 0 aliphatic rings. The third-order valence-electron chi connectivity index (χ3n) is 1.06. The van der Waals surface area contributed by atoms with Gasteiger partial charge in [-0.25, -0.2) is 4.79 Å². The van der Waals surface area contributed by atoms with Crippen LogP contribution in [0.5, 0.6) is 0 Å². The molecule has 0 atom stereocenters. The van der Waals surface area contributed by atoms with Gasteiger partial charge in [-0.05, 0) is 13.8 Å². The second-order valence-corrected chi connectivity index (χ2v) is 2.68. The number of carbonyl (C=O) groups is 2. The predicted octanol–water partition coefficient (Wildman–Crippen LogP) is 0.754. The maximum absolute atomic E-state index is 11.1. The molecule has 0 radical (unpaired) electrons. The Morgan fingerprint density at radius 1 is 1.46 bits per heavy atom. The molecule has 1 N–H and O–H groups in total. The third-order valence-corrected chi connectivity index (χ3v) is 1.06. The first-order chi connectivity index (χ1) is 5.97. The van der Waals surface area contributed by atoms with E-state index >= 15 is 0 Å². The van der Waals surface area contributed by atoms with Gasteiger partial charge in [-0.3, -0.25) is 4.79 Å². The lowest BCUT2D eigenvalue weighted by Crippen LogP contribution is -2.32. The minimum absolute atomic E-state index is 0.0216. The summed E-state index contributed by atoms with van der Waals surface area (Å²) in [5, 5.41) is 2.52. The summed E-state index contributed by atoms with van der Waals surface area (Å²) >= 11 is 0. The quantitative estimate of drug-likeness (QED) is 0.397. The van der Waals surface area contributed by atoms with Gasteiger partial charge in [0.2, 0.25) is 0 Å². The van der Waals surface area contributed by atoms with Gasteiger partial charge in [-0.1, -0.05) is 13.2 Å². The lowest BCUT2D eigenvalue weighted by molar-refractivity contribution is -0.138. The van der Waals surface area contributed by atoms with Crippen LogP contribution in [-0.2, 0) is 14.3 Å². The summed E-state index contributed by atoms with van der Waals surface area (Å²) in [6, 6.07) is -0.0216. The Morgan fingerprint density at radius 2 is 2.00 bits per heavy atom. The van der Waals surface area contributed by atoms with Crippen LogP contribution in [0.1, 0.15) is 13.8 Å². The summed E-state index contributed by atoms with van der Waals surface area (Å²) in [7, 11) is 0. The number of carbonyl (C=O) groups excluding carboxylic acids is 2. The van der Waals surface area contributed by atoms with Gasteiger partial charge in [0.1, 0.15) is 0 Å². The van der Waals surface area contributed by atoms with Crippen LogP contribution in [-0.4, -0.2) is 17.9 Å². The highest BCUT2D eigenvalue weighted by molar-refractivity contribution is 5.95. The molecule has 4 nitrogen and oxygen atoms in total. The van der Waals surface area contributed by atoms with E-state index in [9.17, 15) is 9.59 Å². The molecule has 72 valence electrons. The van der Waals surface area contributed by atoms with Crippen LogP contribution in [0.4, 0.5) is 0 Å². The van der Waals surface area contributed by atoms with Crippen molar-refractivity contribution in [2.24, 2.45) is 0 Å². The van der Waals surface area contributed by atoms with Crippen molar-refractivity contribution >= 4 is 11.9 Å². The Bertz CT molecular complexity index is 243. The van der Waals surface area contributed by atoms with Gasteiger partial charge in [0.25, 0.3) is 5.91 Å². The van der Waals surface area contributed by atoms with Crippen molar-refractivity contribution in [1.82, 2.24) is 5.32 Å². The molecule has 0 aromatic heterocycles. The summed E-state index contributed by atoms with van der Waals surface area (Å²) in [6.45, 7) is 10.1. The van der Waals surface area contributed by atoms with Crippen molar-refractivity contribution < 1.29 is 14.3 Å². The molecule has 0 heterocycles. The van der Waals surface area contributed by atoms with Crippen molar-refractivity contribution in [3.8, 4) is 0 Å². The maximum Gasteiger partial charge on any atom is 0.335 e. The zero-order valence-corrected chi connectivity index (χ0v) is 7.79. The molecule has 0 fully saturated rings. The number of ether oxygens (including phenoxy) is 1. The van der Waals surface area contributed by atoms with E-state index in [2.05, 4.69) is 23.2 Å². The number of esters is 1. The molecule has 0 saturated carbocycles. The first-order valence-electron chi connectivity index (χ1n) is 3.81. The molecular weight excluding hydrogens is 170 g/mol. The van der Waals surface area contributed by atoms with Crippen LogP contribution in [0.15, 0.2) is 25.0 Å². The molecule has 0 aromatic carbocycles. The summed E-state index contributed by atoms with van der Waals surface area (Å²) in [4.78, 5) is 21.7. The molecule has 0 aromatic rings. The van der Waals surface area contributed by atoms with E-state index in [0.717, 1.165) is 6.08 Å². The van der Waals surface area contributed by atoms with Crippen molar-refractivity contribution in [3.05, 3.63) is 25.0 Å². The first-order valence-corrected chi connectivity index (χ1v) is 3.81. The molecule has 0 spiro atoms. The highest BCUT2D eigenvalue weighted by Crippen LogP contribution is 1.95. The lowest BCUT2D eigenvalue weighted by atomic mass is 10.4. The van der Waals surface area contributed by atoms with Gasteiger partial charge in [0.15, 0.2) is 5.76 Å². The van der Waals surface area contributed by atoms with Gasteiger partial charge in [-0.15, -0.1) is 0 Å². The van der Waals surface area contributed by atoms with Crippen molar-refractivity contribution in [2.45, 2.75) is 19.9 Å². The van der Waals surface area contributed by atoms with Gasteiger partial charge in [0.05, 0.1) is 0 Å². The minimum atomic E-state index is -0.691. The molecule has 0 aliphatic heterocycles. The molecule has 0 bridgehead atoms. The average Bonchev–Trinajstić information content (AvgIpc) is 2.02. The van der Waals surface area contributed by atoms with Crippen LogP contribution < -0.4 is 5.32 Å². The van der Waals surface area contributed by atoms with E-state index in [1.54, 1.807) is 13.8 Å². The van der Waals surface area contributed by atoms with E-state index in [1.807, 2.05) is 0 Å².